The molecule has 1 aliphatic carbocycles. The molecule has 7 nitrogen and oxygen atoms in total. The van der Waals surface area contributed by atoms with Crippen LogP contribution in [0.15, 0.2) is 61.2 Å². The molecule has 31 heavy (non-hydrogen) atoms. The maximum atomic E-state index is 9.94. The molecular weight excluding hydrogens is 388 g/mol. The predicted molar refractivity (Wildman–Crippen MR) is 122 cm³/mol. The zero-order valence-corrected chi connectivity index (χ0v) is 17.2. The fraction of sp³-hybridized carbons (Fsp3) is 0.208. The van der Waals surface area contributed by atoms with Crippen molar-refractivity contribution in [1.82, 2.24) is 19.4 Å². The number of β-amino-alcohol motifs (C(OH)–C–C–N with tert-alkyl or cyclic N) is 1. The summed E-state index contributed by atoms with van der Waals surface area (Å²) in [5.41, 5.74) is 5.54. The number of aromatic nitrogens is 4. The van der Waals surface area contributed by atoms with Gasteiger partial charge in [-0.05, 0) is 42.7 Å². The van der Waals surface area contributed by atoms with Crippen molar-refractivity contribution in [2.45, 2.75) is 18.9 Å². The van der Waals surface area contributed by atoms with Crippen molar-refractivity contribution < 1.29 is 5.11 Å². The van der Waals surface area contributed by atoms with E-state index in [1.165, 1.54) is 11.1 Å². The summed E-state index contributed by atoms with van der Waals surface area (Å²) in [5.74, 6) is 1.54. The van der Waals surface area contributed by atoms with Crippen molar-refractivity contribution in [3.63, 3.8) is 0 Å². The Morgan fingerprint density at radius 3 is 2.84 bits per heavy atom. The maximum Gasteiger partial charge on any atom is 0.180 e. The first-order chi connectivity index (χ1) is 15.0. The Morgan fingerprint density at radius 1 is 1.13 bits per heavy atom. The van der Waals surface area contributed by atoms with E-state index >= 15 is 0 Å². The largest absolute Gasteiger partial charge is 0.386 e. The van der Waals surface area contributed by atoms with E-state index in [0.717, 1.165) is 34.8 Å². The fourth-order valence-corrected chi connectivity index (χ4v) is 4.29. The second kappa shape index (κ2) is 6.65. The Labute approximate surface area is 179 Å². The van der Waals surface area contributed by atoms with Gasteiger partial charge in [0.2, 0.25) is 0 Å². The SMILES string of the molecule is CC1(O)CN(c2ccc(Nc3nc(-c4ccc5c(c4)CC=C5)cn4ccnc34)cn2)C1. The van der Waals surface area contributed by atoms with Crippen molar-refractivity contribution in [3.8, 4) is 11.3 Å². The molecule has 4 heterocycles. The summed E-state index contributed by atoms with van der Waals surface area (Å²) < 4.78 is 1.99. The third-order valence-corrected chi connectivity index (χ3v) is 5.85. The fourth-order valence-electron chi connectivity index (χ4n) is 4.29. The first-order valence-electron chi connectivity index (χ1n) is 10.4. The number of rotatable bonds is 4. The highest BCUT2D eigenvalue weighted by Crippen LogP contribution is 2.30. The molecule has 0 bridgehead atoms. The Kier molecular flexibility index (Phi) is 3.88. The summed E-state index contributed by atoms with van der Waals surface area (Å²) in [5, 5.41) is 13.3. The standard InChI is InChI=1S/C24H22N6O/c1-24(31)14-30(15-24)21-8-7-19(12-26-21)27-22-23-25-9-10-29(23)13-20(28-22)18-6-5-16-3-2-4-17(16)11-18/h2-3,5-13,31H,4,14-15H2,1H3,(H,27,28). The lowest BCUT2D eigenvalue weighted by Crippen LogP contribution is -2.60. The number of nitrogens with zero attached hydrogens (tertiary/aromatic N) is 5. The molecule has 1 fully saturated rings. The molecular formula is C24H22N6O. The van der Waals surface area contributed by atoms with E-state index in [1.807, 2.05) is 35.9 Å². The summed E-state index contributed by atoms with van der Waals surface area (Å²) >= 11 is 0. The molecule has 1 aromatic carbocycles. The first kappa shape index (κ1) is 18.1. The van der Waals surface area contributed by atoms with Crippen LogP contribution >= 0.6 is 0 Å². The van der Waals surface area contributed by atoms with Gasteiger partial charge in [0.15, 0.2) is 11.5 Å². The Balaban J connectivity index is 1.31. The molecule has 0 unspecified atom stereocenters. The van der Waals surface area contributed by atoms with Crippen LogP contribution in [-0.4, -0.2) is 43.1 Å². The second-order valence-corrected chi connectivity index (χ2v) is 8.54. The maximum absolute atomic E-state index is 9.94. The number of benzene rings is 1. The molecule has 1 aliphatic heterocycles. The number of aliphatic hydroxyl groups is 1. The molecule has 0 spiro atoms. The van der Waals surface area contributed by atoms with Crippen LogP contribution in [0.5, 0.6) is 0 Å². The lowest BCUT2D eigenvalue weighted by molar-refractivity contribution is 0.0305. The molecule has 3 aromatic heterocycles. The number of nitrogens with one attached hydrogen (secondary N) is 1. The molecule has 1 saturated heterocycles. The van der Waals surface area contributed by atoms with Gasteiger partial charge in [-0.3, -0.25) is 0 Å². The zero-order valence-electron chi connectivity index (χ0n) is 17.2. The first-order valence-corrected chi connectivity index (χ1v) is 10.4. The van der Waals surface area contributed by atoms with Crippen molar-refractivity contribution in [3.05, 3.63) is 72.3 Å². The predicted octanol–water partition coefficient (Wildman–Crippen LogP) is 3.68. The van der Waals surface area contributed by atoms with Crippen LogP contribution < -0.4 is 10.2 Å². The topological polar surface area (TPSA) is 78.6 Å². The monoisotopic (exact) mass is 410 g/mol. The Hall–Kier alpha value is -3.71. The van der Waals surface area contributed by atoms with Gasteiger partial charge in [-0.1, -0.05) is 24.3 Å². The van der Waals surface area contributed by atoms with Crippen molar-refractivity contribution in [1.29, 1.82) is 0 Å². The molecule has 2 aliphatic rings. The normalized spacial score (nSPS) is 16.4. The van der Waals surface area contributed by atoms with Crippen LogP contribution in [0.3, 0.4) is 0 Å². The van der Waals surface area contributed by atoms with Crippen LogP contribution in [-0.2, 0) is 6.42 Å². The van der Waals surface area contributed by atoms with Gasteiger partial charge in [0, 0.05) is 37.2 Å². The molecule has 6 rings (SSSR count). The number of fused-ring (bicyclic) bond motifs is 2. The molecule has 0 saturated carbocycles. The number of allylic oxidation sites excluding steroid dienone is 1. The van der Waals surface area contributed by atoms with Crippen molar-refractivity contribution >= 4 is 29.0 Å². The molecule has 0 radical (unpaired) electrons. The van der Waals surface area contributed by atoms with Crippen molar-refractivity contribution in [2.24, 2.45) is 0 Å². The molecule has 2 N–H and O–H groups in total. The van der Waals surface area contributed by atoms with Crippen LogP contribution in [0.1, 0.15) is 18.1 Å². The minimum Gasteiger partial charge on any atom is -0.386 e. The van der Waals surface area contributed by atoms with E-state index in [4.69, 9.17) is 4.98 Å². The van der Waals surface area contributed by atoms with E-state index in [2.05, 4.69) is 50.5 Å². The highest BCUT2D eigenvalue weighted by atomic mass is 16.3. The molecule has 0 amide bonds. The minimum absolute atomic E-state index is 0.599. The van der Waals surface area contributed by atoms with Gasteiger partial charge in [-0.25, -0.2) is 15.0 Å². The lowest BCUT2D eigenvalue weighted by atomic mass is 9.97. The summed E-state index contributed by atoms with van der Waals surface area (Å²) in [6.45, 7) is 3.04. The Bertz CT molecular complexity index is 1310. The highest BCUT2D eigenvalue weighted by molar-refractivity contribution is 5.75. The van der Waals surface area contributed by atoms with Gasteiger partial charge < -0.3 is 19.7 Å². The van der Waals surface area contributed by atoms with Gasteiger partial charge in [0.25, 0.3) is 0 Å². The van der Waals surface area contributed by atoms with E-state index < -0.39 is 5.60 Å². The number of pyridine rings is 1. The molecule has 7 heteroatoms. The second-order valence-electron chi connectivity index (χ2n) is 8.54. The molecule has 0 atom stereocenters. The third kappa shape index (κ3) is 3.23. The Morgan fingerprint density at radius 2 is 2.03 bits per heavy atom. The summed E-state index contributed by atoms with van der Waals surface area (Å²) in [4.78, 5) is 15.9. The third-order valence-electron chi connectivity index (χ3n) is 5.85. The summed E-state index contributed by atoms with van der Waals surface area (Å²) in [7, 11) is 0. The lowest BCUT2D eigenvalue weighted by Gasteiger charge is -2.44. The quantitative estimate of drug-likeness (QED) is 0.534. The van der Waals surface area contributed by atoms with E-state index in [9.17, 15) is 5.11 Å². The average Bonchev–Trinajstić information content (AvgIpc) is 3.41. The van der Waals surface area contributed by atoms with Gasteiger partial charge in [-0.2, -0.15) is 0 Å². The van der Waals surface area contributed by atoms with E-state index in [-0.39, 0.29) is 0 Å². The zero-order chi connectivity index (χ0) is 21.0. The number of imidazole rings is 1. The smallest absolute Gasteiger partial charge is 0.180 e. The van der Waals surface area contributed by atoms with Gasteiger partial charge >= 0.3 is 0 Å². The van der Waals surface area contributed by atoms with Gasteiger partial charge in [0.05, 0.1) is 23.2 Å². The summed E-state index contributed by atoms with van der Waals surface area (Å²) in [6, 6.07) is 10.4. The number of anilines is 3. The van der Waals surface area contributed by atoms with Gasteiger partial charge in [-0.15, -0.1) is 0 Å². The highest BCUT2D eigenvalue weighted by Gasteiger charge is 2.37. The van der Waals surface area contributed by atoms with Crippen LogP contribution in [0, 0.1) is 0 Å². The van der Waals surface area contributed by atoms with E-state index in [0.29, 0.717) is 18.9 Å². The van der Waals surface area contributed by atoms with Crippen LogP contribution in [0.2, 0.25) is 0 Å². The number of hydrogen-bond donors (Lipinski definition) is 2. The van der Waals surface area contributed by atoms with Crippen LogP contribution in [0.4, 0.5) is 17.3 Å². The molecule has 154 valence electrons. The molecule has 4 aromatic rings. The van der Waals surface area contributed by atoms with Crippen molar-refractivity contribution in [2.75, 3.05) is 23.3 Å². The summed E-state index contributed by atoms with van der Waals surface area (Å²) in [6.07, 6.45) is 12.8. The minimum atomic E-state index is -0.622. The van der Waals surface area contributed by atoms with E-state index in [1.54, 1.807) is 12.4 Å². The number of hydrogen-bond acceptors (Lipinski definition) is 6. The average molecular weight is 410 g/mol. The van der Waals surface area contributed by atoms with Gasteiger partial charge in [0.1, 0.15) is 5.82 Å². The van der Waals surface area contributed by atoms with Crippen LogP contribution in [0.25, 0.3) is 23.0 Å².